The number of methoxy groups -OCH3 is 2. The third-order valence-electron chi connectivity index (χ3n) is 4.88. The number of rotatable bonds is 5. The van der Waals surface area contributed by atoms with Crippen LogP contribution in [0.2, 0.25) is 0 Å². The van der Waals surface area contributed by atoms with Crippen LogP contribution in [-0.2, 0) is 24.2 Å². The second kappa shape index (κ2) is 7.34. The Bertz CT molecular complexity index is 1100. The molecule has 1 aliphatic carbocycles. The number of nitrogens with one attached hydrogen (secondary N) is 1. The van der Waals surface area contributed by atoms with Crippen molar-refractivity contribution in [2.75, 3.05) is 19.5 Å². The number of aryl methyl sites for hydroxylation is 2. The summed E-state index contributed by atoms with van der Waals surface area (Å²) in [7, 11) is 3.06. The molecule has 0 unspecified atom stereocenters. The maximum absolute atomic E-state index is 12.9. The average Bonchev–Trinajstić information content (AvgIpc) is 3.09. The molecule has 0 fully saturated rings. The number of carbonyl (C=O) groups excluding carboxylic acids is 1. The Balaban J connectivity index is 1.57. The molecule has 1 N–H and O–H groups in total. The number of aromatic nitrogens is 4. The molecule has 3 aromatic rings. The molecule has 146 valence electrons. The Morgan fingerprint density at radius 2 is 1.96 bits per heavy atom. The van der Waals surface area contributed by atoms with Gasteiger partial charge < -0.3 is 14.8 Å². The summed E-state index contributed by atoms with van der Waals surface area (Å²) in [6, 6.07) is 5.05. The monoisotopic (exact) mass is 383 g/mol. The number of hydrogen-bond acceptors (Lipinski definition) is 6. The second-order valence-electron chi connectivity index (χ2n) is 6.64. The van der Waals surface area contributed by atoms with Crippen LogP contribution in [-0.4, -0.2) is 39.5 Å². The Hall–Kier alpha value is -3.36. The van der Waals surface area contributed by atoms with Gasteiger partial charge >= 0.3 is 0 Å². The van der Waals surface area contributed by atoms with E-state index in [9.17, 15) is 9.59 Å². The van der Waals surface area contributed by atoms with Crippen molar-refractivity contribution >= 4 is 17.1 Å². The Morgan fingerprint density at radius 3 is 2.75 bits per heavy atom. The SMILES string of the molecule is COc1ccc(NC(=O)Cn2ncn3nc4c(c3c2=O)CCCC4)cc1OC. The molecule has 1 aromatic carbocycles. The zero-order valence-corrected chi connectivity index (χ0v) is 15.8. The van der Waals surface area contributed by atoms with Crippen LogP contribution in [0.15, 0.2) is 29.3 Å². The predicted molar refractivity (Wildman–Crippen MR) is 102 cm³/mol. The molecule has 0 bridgehead atoms. The van der Waals surface area contributed by atoms with Gasteiger partial charge in [-0.2, -0.15) is 10.2 Å². The molecule has 4 rings (SSSR count). The summed E-state index contributed by atoms with van der Waals surface area (Å²) < 4.78 is 13.1. The van der Waals surface area contributed by atoms with Crippen molar-refractivity contribution in [3.05, 3.63) is 46.1 Å². The van der Waals surface area contributed by atoms with E-state index in [-0.39, 0.29) is 18.0 Å². The lowest BCUT2D eigenvalue weighted by Gasteiger charge is -2.11. The van der Waals surface area contributed by atoms with Crippen molar-refractivity contribution in [3.63, 3.8) is 0 Å². The molecule has 0 atom stereocenters. The minimum absolute atomic E-state index is 0.191. The van der Waals surface area contributed by atoms with E-state index in [1.807, 2.05) is 0 Å². The maximum atomic E-state index is 12.9. The van der Waals surface area contributed by atoms with Crippen molar-refractivity contribution in [2.24, 2.45) is 0 Å². The van der Waals surface area contributed by atoms with Gasteiger partial charge in [0.1, 0.15) is 18.4 Å². The summed E-state index contributed by atoms with van der Waals surface area (Å²) in [5, 5.41) is 11.3. The van der Waals surface area contributed by atoms with E-state index in [4.69, 9.17) is 9.47 Å². The first-order valence-electron chi connectivity index (χ1n) is 9.09. The van der Waals surface area contributed by atoms with Crippen molar-refractivity contribution in [1.82, 2.24) is 19.4 Å². The van der Waals surface area contributed by atoms with Gasteiger partial charge in [0.2, 0.25) is 5.91 Å². The molecule has 1 amide bonds. The van der Waals surface area contributed by atoms with Crippen molar-refractivity contribution in [1.29, 1.82) is 0 Å². The summed E-state index contributed by atoms with van der Waals surface area (Å²) in [6.45, 7) is -0.191. The van der Waals surface area contributed by atoms with Crippen LogP contribution in [0.4, 0.5) is 5.69 Å². The minimum Gasteiger partial charge on any atom is -0.493 e. The lowest BCUT2D eigenvalue weighted by Crippen LogP contribution is -2.31. The summed E-state index contributed by atoms with van der Waals surface area (Å²) in [4.78, 5) is 25.3. The highest BCUT2D eigenvalue weighted by atomic mass is 16.5. The molecule has 1 aliphatic rings. The van der Waals surface area contributed by atoms with Crippen LogP contribution >= 0.6 is 0 Å². The minimum atomic E-state index is -0.362. The fourth-order valence-corrected chi connectivity index (χ4v) is 3.53. The number of nitrogens with zero attached hydrogens (tertiary/aromatic N) is 4. The van der Waals surface area contributed by atoms with Crippen LogP contribution < -0.4 is 20.3 Å². The standard InChI is InChI=1S/C19H21N5O4/c1-27-15-8-7-12(9-16(15)28-2)21-17(25)10-23-19(26)18-13-5-3-4-6-14(13)22-24(18)11-20-23/h7-9,11H,3-6,10H2,1-2H3,(H,21,25). The smallest absolute Gasteiger partial charge is 0.293 e. The lowest BCUT2D eigenvalue weighted by atomic mass is 9.97. The fraction of sp³-hybridized carbons (Fsp3) is 0.368. The highest BCUT2D eigenvalue weighted by molar-refractivity contribution is 5.90. The molecule has 2 aromatic heterocycles. The lowest BCUT2D eigenvalue weighted by molar-refractivity contribution is -0.117. The number of carbonyl (C=O) groups is 1. The summed E-state index contributed by atoms with van der Waals surface area (Å²) >= 11 is 0. The van der Waals surface area contributed by atoms with E-state index < -0.39 is 0 Å². The molecular formula is C19H21N5O4. The zero-order valence-electron chi connectivity index (χ0n) is 15.8. The Morgan fingerprint density at radius 1 is 1.18 bits per heavy atom. The average molecular weight is 383 g/mol. The molecule has 2 heterocycles. The quantitative estimate of drug-likeness (QED) is 0.715. The van der Waals surface area contributed by atoms with Crippen molar-refractivity contribution in [2.45, 2.75) is 32.2 Å². The number of fused-ring (bicyclic) bond motifs is 3. The van der Waals surface area contributed by atoms with Crippen molar-refractivity contribution in [3.8, 4) is 11.5 Å². The number of anilines is 1. The highest BCUT2D eigenvalue weighted by Gasteiger charge is 2.20. The Labute approximate surface area is 160 Å². The molecule has 0 aliphatic heterocycles. The predicted octanol–water partition coefficient (Wildman–Crippen LogP) is 1.43. The van der Waals surface area contributed by atoms with Gasteiger partial charge in [0.05, 0.1) is 19.9 Å². The second-order valence-corrected chi connectivity index (χ2v) is 6.64. The van der Waals surface area contributed by atoms with Gasteiger partial charge in [0, 0.05) is 17.3 Å². The van der Waals surface area contributed by atoms with E-state index in [1.165, 1.54) is 22.6 Å². The normalized spacial score (nSPS) is 13.2. The molecule has 0 radical (unpaired) electrons. The summed E-state index contributed by atoms with van der Waals surface area (Å²) in [6.07, 6.45) is 5.30. The van der Waals surface area contributed by atoms with Crippen LogP contribution in [0.1, 0.15) is 24.1 Å². The zero-order chi connectivity index (χ0) is 19.7. The number of hydrogen-bond donors (Lipinski definition) is 1. The first kappa shape index (κ1) is 18.0. The molecule has 9 nitrogen and oxygen atoms in total. The van der Waals surface area contributed by atoms with Crippen LogP contribution in [0.5, 0.6) is 11.5 Å². The van der Waals surface area contributed by atoms with E-state index in [0.29, 0.717) is 22.7 Å². The third-order valence-corrected chi connectivity index (χ3v) is 4.88. The third kappa shape index (κ3) is 3.19. The molecular weight excluding hydrogens is 362 g/mol. The van der Waals surface area contributed by atoms with Crippen molar-refractivity contribution < 1.29 is 14.3 Å². The van der Waals surface area contributed by atoms with Gasteiger partial charge in [-0.05, 0) is 37.8 Å². The topological polar surface area (TPSA) is 99.8 Å². The Kier molecular flexibility index (Phi) is 4.72. The van der Waals surface area contributed by atoms with E-state index in [0.717, 1.165) is 36.9 Å². The molecule has 0 spiro atoms. The van der Waals surface area contributed by atoms with Gasteiger partial charge in [0.25, 0.3) is 5.56 Å². The maximum Gasteiger partial charge on any atom is 0.293 e. The first-order valence-corrected chi connectivity index (χ1v) is 9.09. The first-order chi connectivity index (χ1) is 13.6. The summed E-state index contributed by atoms with van der Waals surface area (Å²) in [5.41, 5.74) is 2.69. The largest absolute Gasteiger partial charge is 0.493 e. The summed E-state index contributed by atoms with van der Waals surface area (Å²) in [5.74, 6) is 0.705. The van der Waals surface area contributed by atoms with E-state index in [2.05, 4.69) is 15.5 Å². The van der Waals surface area contributed by atoms with Crippen LogP contribution in [0.3, 0.4) is 0 Å². The molecule has 0 saturated heterocycles. The van der Waals surface area contributed by atoms with Crippen LogP contribution in [0.25, 0.3) is 5.52 Å². The van der Waals surface area contributed by atoms with E-state index >= 15 is 0 Å². The number of benzene rings is 1. The van der Waals surface area contributed by atoms with E-state index in [1.54, 1.807) is 25.3 Å². The van der Waals surface area contributed by atoms with Crippen LogP contribution in [0, 0.1) is 0 Å². The van der Waals surface area contributed by atoms with Gasteiger partial charge in [-0.1, -0.05) is 0 Å². The van der Waals surface area contributed by atoms with Gasteiger partial charge in [0.15, 0.2) is 11.5 Å². The fourth-order valence-electron chi connectivity index (χ4n) is 3.53. The molecule has 0 saturated carbocycles. The molecule has 28 heavy (non-hydrogen) atoms. The number of ether oxygens (including phenoxy) is 2. The van der Waals surface area contributed by atoms with Gasteiger partial charge in [-0.15, -0.1) is 0 Å². The van der Waals surface area contributed by atoms with Gasteiger partial charge in [-0.3, -0.25) is 9.59 Å². The number of amides is 1. The van der Waals surface area contributed by atoms with Gasteiger partial charge in [-0.25, -0.2) is 9.20 Å². The highest BCUT2D eigenvalue weighted by Crippen LogP contribution is 2.29. The molecule has 9 heteroatoms.